The van der Waals surface area contributed by atoms with E-state index >= 15 is 0 Å². The van der Waals surface area contributed by atoms with Gasteiger partial charge in [-0.3, -0.25) is 4.90 Å². The summed E-state index contributed by atoms with van der Waals surface area (Å²) in [7, 11) is 4.30. The molecule has 0 aliphatic carbocycles. The first kappa shape index (κ1) is 11.7. The van der Waals surface area contributed by atoms with Crippen LogP contribution < -0.4 is 0 Å². The molecule has 0 aromatic rings. The Morgan fingerprint density at radius 3 is 2.33 bits per heavy atom. The van der Waals surface area contributed by atoms with Gasteiger partial charge in [0.2, 0.25) is 0 Å². The highest BCUT2D eigenvalue weighted by atomic mass is 35.5. The first-order valence-corrected chi connectivity index (χ1v) is 6.65. The fourth-order valence-corrected chi connectivity index (χ4v) is 3.55. The fraction of sp³-hybridized carbons (Fsp3) is 1.00. The molecule has 0 spiro atoms. The highest BCUT2D eigenvalue weighted by Crippen LogP contribution is 2.37. The Bertz CT molecular complexity index is 194. The van der Waals surface area contributed by atoms with Crippen molar-refractivity contribution in [1.29, 1.82) is 0 Å². The molecule has 0 aromatic heterocycles. The number of piperidine rings is 1. The summed E-state index contributed by atoms with van der Waals surface area (Å²) < 4.78 is 0. The zero-order chi connectivity index (χ0) is 10.8. The molecule has 2 rings (SSSR count). The van der Waals surface area contributed by atoms with Crippen molar-refractivity contribution in [3.8, 4) is 0 Å². The Kier molecular flexibility index (Phi) is 3.92. The summed E-state index contributed by atoms with van der Waals surface area (Å²) in [6.45, 7) is 2.48. The van der Waals surface area contributed by atoms with Crippen LogP contribution in [-0.4, -0.2) is 54.4 Å². The van der Waals surface area contributed by atoms with Crippen LogP contribution in [0.15, 0.2) is 0 Å². The van der Waals surface area contributed by atoms with Gasteiger partial charge in [-0.15, -0.1) is 11.6 Å². The lowest BCUT2D eigenvalue weighted by Gasteiger charge is -2.37. The molecule has 2 unspecified atom stereocenters. The standard InChI is InChI=1S/C12H23ClN2/c1-14(2)6-3-7-15-11-4-5-12(15)9-10(13)8-11/h10-12H,3-9H2,1-2H3. The molecule has 15 heavy (non-hydrogen) atoms. The number of rotatable bonds is 4. The minimum Gasteiger partial charge on any atom is -0.309 e. The molecule has 3 heteroatoms. The average molecular weight is 231 g/mol. The largest absolute Gasteiger partial charge is 0.309 e. The maximum atomic E-state index is 6.26. The van der Waals surface area contributed by atoms with Crippen molar-refractivity contribution in [2.75, 3.05) is 27.2 Å². The van der Waals surface area contributed by atoms with Crippen molar-refractivity contribution in [3.63, 3.8) is 0 Å². The molecule has 0 N–H and O–H groups in total. The summed E-state index contributed by atoms with van der Waals surface area (Å²) in [5, 5.41) is 0.451. The van der Waals surface area contributed by atoms with E-state index in [1.165, 1.54) is 45.2 Å². The van der Waals surface area contributed by atoms with Gasteiger partial charge >= 0.3 is 0 Å². The van der Waals surface area contributed by atoms with E-state index in [1.807, 2.05) is 0 Å². The quantitative estimate of drug-likeness (QED) is 0.684. The summed E-state index contributed by atoms with van der Waals surface area (Å²) in [5.41, 5.74) is 0. The lowest BCUT2D eigenvalue weighted by Crippen LogP contribution is -2.44. The number of hydrogen-bond acceptors (Lipinski definition) is 2. The van der Waals surface area contributed by atoms with E-state index < -0.39 is 0 Å². The summed E-state index contributed by atoms with van der Waals surface area (Å²) in [4.78, 5) is 5.00. The molecule has 2 nitrogen and oxygen atoms in total. The predicted molar refractivity (Wildman–Crippen MR) is 65.6 cm³/mol. The molecular weight excluding hydrogens is 208 g/mol. The molecule has 2 aliphatic rings. The van der Waals surface area contributed by atoms with Crippen LogP contribution in [0.5, 0.6) is 0 Å². The molecule has 0 radical (unpaired) electrons. The smallest absolute Gasteiger partial charge is 0.0365 e. The van der Waals surface area contributed by atoms with Gasteiger partial charge in [0, 0.05) is 17.5 Å². The van der Waals surface area contributed by atoms with E-state index in [4.69, 9.17) is 11.6 Å². The molecule has 0 saturated carbocycles. The van der Waals surface area contributed by atoms with Crippen molar-refractivity contribution in [3.05, 3.63) is 0 Å². The number of hydrogen-bond donors (Lipinski definition) is 0. The molecule has 2 bridgehead atoms. The molecular formula is C12H23ClN2. The van der Waals surface area contributed by atoms with Crippen LogP contribution >= 0.6 is 11.6 Å². The van der Waals surface area contributed by atoms with Crippen LogP contribution in [0.3, 0.4) is 0 Å². The van der Waals surface area contributed by atoms with Crippen molar-refractivity contribution < 1.29 is 0 Å². The first-order chi connectivity index (χ1) is 7.16. The van der Waals surface area contributed by atoms with Crippen LogP contribution in [-0.2, 0) is 0 Å². The van der Waals surface area contributed by atoms with Gasteiger partial charge in [-0.25, -0.2) is 0 Å². The number of halogens is 1. The van der Waals surface area contributed by atoms with E-state index in [9.17, 15) is 0 Å². The molecule has 2 atom stereocenters. The van der Waals surface area contributed by atoms with E-state index in [1.54, 1.807) is 0 Å². The van der Waals surface area contributed by atoms with Crippen LogP contribution in [0.4, 0.5) is 0 Å². The Labute approximate surface area is 98.6 Å². The first-order valence-electron chi connectivity index (χ1n) is 6.21. The summed E-state index contributed by atoms with van der Waals surface area (Å²) in [5.74, 6) is 0. The SMILES string of the molecule is CN(C)CCCN1C2CCC1CC(Cl)C2. The van der Waals surface area contributed by atoms with Crippen LogP contribution in [0.25, 0.3) is 0 Å². The summed E-state index contributed by atoms with van der Waals surface area (Å²) >= 11 is 6.26. The topological polar surface area (TPSA) is 6.48 Å². The minimum absolute atomic E-state index is 0.451. The van der Waals surface area contributed by atoms with Crippen LogP contribution in [0, 0.1) is 0 Å². The molecule has 2 saturated heterocycles. The summed E-state index contributed by atoms with van der Waals surface area (Å²) in [6, 6.07) is 1.60. The molecule has 2 aliphatic heterocycles. The third-order valence-corrected chi connectivity index (χ3v) is 4.20. The Morgan fingerprint density at radius 1 is 1.20 bits per heavy atom. The van der Waals surface area contributed by atoms with Crippen molar-refractivity contribution in [2.45, 2.75) is 49.6 Å². The van der Waals surface area contributed by atoms with Crippen LogP contribution in [0.1, 0.15) is 32.1 Å². The molecule has 2 heterocycles. The second-order valence-corrected chi connectivity index (χ2v) is 5.97. The number of nitrogens with zero attached hydrogens (tertiary/aromatic N) is 2. The zero-order valence-corrected chi connectivity index (χ0v) is 10.7. The maximum absolute atomic E-state index is 6.26. The van der Waals surface area contributed by atoms with E-state index in [2.05, 4.69) is 23.9 Å². The van der Waals surface area contributed by atoms with E-state index in [0.29, 0.717) is 5.38 Å². The average Bonchev–Trinajstić information content (AvgIpc) is 2.42. The summed E-state index contributed by atoms with van der Waals surface area (Å²) in [6.07, 6.45) is 6.51. The highest BCUT2D eigenvalue weighted by Gasteiger charge is 2.39. The normalized spacial score (nSPS) is 36.4. The molecule has 88 valence electrons. The van der Waals surface area contributed by atoms with Gasteiger partial charge in [0.1, 0.15) is 0 Å². The monoisotopic (exact) mass is 230 g/mol. The highest BCUT2D eigenvalue weighted by molar-refractivity contribution is 6.20. The Balaban J connectivity index is 1.78. The van der Waals surface area contributed by atoms with Gasteiger partial charge in [-0.2, -0.15) is 0 Å². The van der Waals surface area contributed by atoms with Gasteiger partial charge in [0.15, 0.2) is 0 Å². The third kappa shape index (κ3) is 2.86. The van der Waals surface area contributed by atoms with Crippen molar-refractivity contribution in [1.82, 2.24) is 9.80 Å². The number of fused-ring (bicyclic) bond motifs is 2. The second kappa shape index (κ2) is 5.03. The van der Waals surface area contributed by atoms with Gasteiger partial charge in [-0.05, 0) is 59.3 Å². The zero-order valence-electron chi connectivity index (χ0n) is 9.95. The molecule has 2 fully saturated rings. The number of alkyl halides is 1. The molecule has 0 aromatic carbocycles. The van der Waals surface area contributed by atoms with Gasteiger partial charge in [-0.1, -0.05) is 0 Å². The van der Waals surface area contributed by atoms with Crippen molar-refractivity contribution in [2.24, 2.45) is 0 Å². The van der Waals surface area contributed by atoms with Gasteiger partial charge in [0.05, 0.1) is 0 Å². The fourth-order valence-electron chi connectivity index (χ4n) is 3.14. The van der Waals surface area contributed by atoms with E-state index in [-0.39, 0.29) is 0 Å². The predicted octanol–water partition coefficient (Wildman–Crippen LogP) is 2.17. The minimum atomic E-state index is 0.451. The maximum Gasteiger partial charge on any atom is 0.0365 e. The van der Waals surface area contributed by atoms with Gasteiger partial charge < -0.3 is 4.90 Å². The van der Waals surface area contributed by atoms with Crippen molar-refractivity contribution >= 4 is 11.6 Å². The lowest BCUT2D eigenvalue weighted by atomic mass is 10.0. The Morgan fingerprint density at radius 2 is 1.80 bits per heavy atom. The van der Waals surface area contributed by atoms with Crippen LogP contribution in [0.2, 0.25) is 0 Å². The Hall–Kier alpha value is 0.210. The van der Waals surface area contributed by atoms with Gasteiger partial charge in [0.25, 0.3) is 0 Å². The lowest BCUT2D eigenvalue weighted by molar-refractivity contribution is 0.137. The second-order valence-electron chi connectivity index (χ2n) is 5.35. The third-order valence-electron chi connectivity index (χ3n) is 3.85. The van der Waals surface area contributed by atoms with E-state index in [0.717, 1.165) is 12.1 Å². The molecule has 0 amide bonds.